The first-order chi connectivity index (χ1) is 6.67. The number of likely N-dealkylation sites (N-methyl/N-ethyl adjacent to an activating group) is 1. The highest BCUT2D eigenvalue weighted by Gasteiger charge is 2.39. The maximum atomic E-state index is 11.3. The van der Waals surface area contributed by atoms with Crippen LogP contribution in [0.5, 0.6) is 0 Å². The molecule has 5 nitrogen and oxygen atoms in total. The molecule has 0 bridgehead atoms. The standard InChI is InChI=1S/C9H18N2O3S/c1-9(2,8(10)12)11(3)7-4-5-15(13,14)6-7/h7H,4-6H2,1-3H3,(H2,10,12). The molecule has 0 aliphatic carbocycles. The van der Waals surface area contributed by atoms with Crippen LogP contribution in [-0.2, 0) is 14.6 Å². The summed E-state index contributed by atoms with van der Waals surface area (Å²) in [7, 11) is -1.17. The molecular weight excluding hydrogens is 216 g/mol. The van der Waals surface area contributed by atoms with Crippen LogP contribution in [0, 0.1) is 0 Å². The summed E-state index contributed by atoms with van der Waals surface area (Å²) in [5.41, 5.74) is 4.48. The van der Waals surface area contributed by atoms with E-state index in [0.29, 0.717) is 6.42 Å². The number of hydrogen-bond donors (Lipinski definition) is 1. The van der Waals surface area contributed by atoms with Crippen LogP contribution in [0.4, 0.5) is 0 Å². The lowest BCUT2D eigenvalue weighted by Gasteiger charge is -2.36. The number of rotatable bonds is 3. The molecular formula is C9H18N2O3S. The summed E-state index contributed by atoms with van der Waals surface area (Å²) in [6.07, 6.45) is 0.579. The summed E-state index contributed by atoms with van der Waals surface area (Å²) in [5, 5.41) is 0. The van der Waals surface area contributed by atoms with Gasteiger partial charge in [0.25, 0.3) is 0 Å². The maximum absolute atomic E-state index is 11.3. The van der Waals surface area contributed by atoms with Gasteiger partial charge in [0.1, 0.15) is 0 Å². The summed E-state index contributed by atoms with van der Waals surface area (Å²) in [4.78, 5) is 13.0. The van der Waals surface area contributed by atoms with E-state index in [1.54, 1.807) is 25.8 Å². The highest BCUT2D eigenvalue weighted by molar-refractivity contribution is 7.91. The number of primary amides is 1. The second kappa shape index (κ2) is 3.75. The Hall–Kier alpha value is -0.620. The average Bonchev–Trinajstić information content (AvgIpc) is 2.44. The molecule has 15 heavy (non-hydrogen) atoms. The van der Waals surface area contributed by atoms with Crippen molar-refractivity contribution in [2.45, 2.75) is 31.8 Å². The van der Waals surface area contributed by atoms with Gasteiger partial charge in [-0.1, -0.05) is 0 Å². The predicted octanol–water partition coefficient (Wildman–Crippen LogP) is -0.631. The number of nitrogens with two attached hydrogens (primary N) is 1. The molecule has 1 heterocycles. The lowest BCUT2D eigenvalue weighted by molar-refractivity contribution is -0.128. The monoisotopic (exact) mass is 234 g/mol. The predicted molar refractivity (Wildman–Crippen MR) is 58.1 cm³/mol. The van der Waals surface area contributed by atoms with Crippen molar-refractivity contribution < 1.29 is 13.2 Å². The van der Waals surface area contributed by atoms with Gasteiger partial charge >= 0.3 is 0 Å². The number of sulfone groups is 1. The van der Waals surface area contributed by atoms with E-state index < -0.39 is 21.3 Å². The van der Waals surface area contributed by atoms with Crippen molar-refractivity contribution in [3.05, 3.63) is 0 Å². The molecule has 88 valence electrons. The van der Waals surface area contributed by atoms with E-state index in [-0.39, 0.29) is 17.5 Å². The molecule has 0 aromatic heterocycles. The molecule has 1 saturated heterocycles. The highest BCUT2D eigenvalue weighted by Crippen LogP contribution is 2.23. The zero-order valence-corrected chi connectivity index (χ0v) is 10.2. The van der Waals surface area contributed by atoms with E-state index >= 15 is 0 Å². The van der Waals surface area contributed by atoms with E-state index in [1.807, 2.05) is 0 Å². The largest absolute Gasteiger partial charge is 0.368 e. The van der Waals surface area contributed by atoms with Crippen LogP contribution in [0.25, 0.3) is 0 Å². The number of hydrogen-bond acceptors (Lipinski definition) is 4. The summed E-state index contributed by atoms with van der Waals surface area (Å²) < 4.78 is 22.6. The smallest absolute Gasteiger partial charge is 0.237 e. The second-order valence-corrected chi connectivity index (χ2v) is 6.82. The first-order valence-electron chi connectivity index (χ1n) is 4.90. The van der Waals surface area contributed by atoms with Gasteiger partial charge < -0.3 is 5.73 Å². The zero-order chi connectivity index (χ0) is 11.9. The van der Waals surface area contributed by atoms with Crippen molar-refractivity contribution in [3.8, 4) is 0 Å². The third-order valence-corrected chi connectivity index (χ3v) is 4.99. The van der Waals surface area contributed by atoms with Gasteiger partial charge in [-0.3, -0.25) is 9.69 Å². The Morgan fingerprint density at radius 1 is 1.47 bits per heavy atom. The Balaban J connectivity index is 2.79. The van der Waals surface area contributed by atoms with E-state index in [0.717, 1.165) is 0 Å². The van der Waals surface area contributed by atoms with E-state index in [1.165, 1.54) is 0 Å². The summed E-state index contributed by atoms with van der Waals surface area (Å²) >= 11 is 0. The summed E-state index contributed by atoms with van der Waals surface area (Å²) in [5.74, 6) is -0.105. The zero-order valence-electron chi connectivity index (χ0n) is 9.36. The van der Waals surface area contributed by atoms with Crippen LogP contribution in [-0.4, -0.2) is 49.4 Å². The SMILES string of the molecule is CN(C1CCS(=O)(=O)C1)C(C)(C)C(N)=O. The van der Waals surface area contributed by atoms with Crippen molar-refractivity contribution in [3.63, 3.8) is 0 Å². The van der Waals surface area contributed by atoms with Gasteiger partial charge in [-0.05, 0) is 27.3 Å². The Morgan fingerprint density at radius 3 is 2.33 bits per heavy atom. The Bertz CT molecular complexity index is 362. The number of carbonyl (C=O) groups excluding carboxylic acids is 1. The molecule has 1 unspecified atom stereocenters. The lowest BCUT2D eigenvalue weighted by atomic mass is 10.00. The topological polar surface area (TPSA) is 80.5 Å². The van der Waals surface area contributed by atoms with Gasteiger partial charge in [-0.25, -0.2) is 8.42 Å². The van der Waals surface area contributed by atoms with Gasteiger partial charge in [0.2, 0.25) is 5.91 Å². The molecule has 1 atom stereocenters. The molecule has 1 rings (SSSR count). The number of amides is 1. The number of nitrogens with zero attached hydrogens (tertiary/aromatic N) is 1. The van der Waals surface area contributed by atoms with Crippen LogP contribution in [0.1, 0.15) is 20.3 Å². The van der Waals surface area contributed by atoms with Crippen LogP contribution in [0.15, 0.2) is 0 Å². The van der Waals surface area contributed by atoms with Crippen LogP contribution < -0.4 is 5.73 Å². The summed E-state index contributed by atoms with van der Waals surface area (Å²) in [6, 6.07) is -0.0995. The fraction of sp³-hybridized carbons (Fsp3) is 0.889. The normalized spacial score (nSPS) is 25.7. The molecule has 1 fully saturated rings. The third kappa shape index (κ3) is 2.49. The fourth-order valence-electron chi connectivity index (χ4n) is 1.71. The Labute approximate surface area is 90.5 Å². The van der Waals surface area contributed by atoms with E-state index in [4.69, 9.17) is 5.73 Å². The second-order valence-electron chi connectivity index (χ2n) is 4.59. The van der Waals surface area contributed by atoms with E-state index in [9.17, 15) is 13.2 Å². The average molecular weight is 234 g/mol. The molecule has 0 radical (unpaired) electrons. The van der Waals surface area contributed by atoms with Crippen LogP contribution in [0.3, 0.4) is 0 Å². The molecule has 1 amide bonds. The first-order valence-corrected chi connectivity index (χ1v) is 6.72. The minimum atomic E-state index is -2.92. The Kier molecular flexibility index (Phi) is 3.11. The third-order valence-electron chi connectivity index (χ3n) is 3.24. The molecule has 1 aliphatic rings. The highest BCUT2D eigenvalue weighted by atomic mass is 32.2. The van der Waals surface area contributed by atoms with Crippen molar-refractivity contribution in [2.75, 3.05) is 18.6 Å². The van der Waals surface area contributed by atoms with Gasteiger partial charge in [0.05, 0.1) is 17.0 Å². The van der Waals surface area contributed by atoms with Crippen LogP contribution >= 0.6 is 0 Å². The lowest BCUT2D eigenvalue weighted by Crippen LogP contribution is -2.55. The molecule has 2 N–H and O–H groups in total. The van der Waals surface area contributed by atoms with Crippen molar-refractivity contribution in [2.24, 2.45) is 5.73 Å². The minimum Gasteiger partial charge on any atom is -0.368 e. The molecule has 0 aromatic carbocycles. The van der Waals surface area contributed by atoms with Gasteiger partial charge in [-0.2, -0.15) is 0 Å². The summed E-state index contributed by atoms with van der Waals surface area (Å²) in [6.45, 7) is 3.42. The molecule has 0 spiro atoms. The first kappa shape index (κ1) is 12.4. The van der Waals surface area contributed by atoms with Gasteiger partial charge in [0.15, 0.2) is 9.84 Å². The quantitative estimate of drug-likeness (QED) is 0.705. The van der Waals surface area contributed by atoms with E-state index in [2.05, 4.69) is 0 Å². The van der Waals surface area contributed by atoms with Gasteiger partial charge in [-0.15, -0.1) is 0 Å². The van der Waals surface area contributed by atoms with Gasteiger partial charge in [0, 0.05) is 6.04 Å². The molecule has 6 heteroatoms. The van der Waals surface area contributed by atoms with Crippen molar-refractivity contribution >= 4 is 15.7 Å². The maximum Gasteiger partial charge on any atom is 0.237 e. The van der Waals surface area contributed by atoms with Crippen molar-refractivity contribution in [1.29, 1.82) is 0 Å². The number of carbonyl (C=O) groups is 1. The van der Waals surface area contributed by atoms with Crippen molar-refractivity contribution in [1.82, 2.24) is 4.90 Å². The molecule has 0 saturated carbocycles. The van der Waals surface area contributed by atoms with Crippen LogP contribution in [0.2, 0.25) is 0 Å². The minimum absolute atomic E-state index is 0.0995. The Morgan fingerprint density at radius 2 is 2.00 bits per heavy atom. The fourth-order valence-corrected chi connectivity index (χ4v) is 3.49. The molecule has 1 aliphatic heterocycles. The molecule has 0 aromatic rings.